The van der Waals surface area contributed by atoms with Crippen molar-refractivity contribution in [3.8, 4) is 6.07 Å². The highest BCUT2D eigenvalue weighted by Gasteiger charge is 2.56. The third-order valence-electron chi connectivity index (χ3n) is 10.4. The number of carbonyl (C=O) groups is 1. The fourth-order valence-corrected chi connectivity index (χ4v) is 7.76. The van der Waals surface area contributed by atoms with Gasteiger partial charge in [-0.05, 0) is 78.1 Å². The average Bonchev–Trinajstić information content (AvgIpc) is 3.56. The van der Waals surface area contributed by atoms with E-state index >= 15 is 0 Å². The summed E-state index contributed by atoms with van der Waals surface area (Å²) in [6.45, 7) is 7.52. The molecule has 0 spiro atoms. The lowest BCUT2D eigenvalue weighted by Gasteiger charge is -2.58. The van der Waals surface area contributed by atoms with Crippen LogP contribution in [0.25, 0.3) is 17.0 Å². The first-order valence-electron chi connectivity index (χ1n) is 17.3. The zero-order valence-corrected chi connectivity index (χ0v) is 29.7. The molecular weight excluding hydrogens is 652 g/mol. The van der Waals surface area contributed by atoms with Crippen molar-refractivity contribution >= 4 is 46.0 Å². The first kappa shape index (κ1) is 33.8. The van der Waals surface area contributed by atoms with Gasteiger partial charge >= 0.3 is 6.09 Å². The van der Waals surface area contributed by atoms with Gasteiger partial charge in [0.15, 0.2) is 0 Å². The SMILES string of the molecule is CN1C=Cc2c(cccc2[C@@H](c2cn(C34CCC3CC4)nn2)N(C(=O)OCCCO)c2cc(Cl)c3ncc(C#N)c(NCC(C)(C)C)c3c2)C1. The minimum Gasteiger partial charge on any atom is -0.449 e. The number of aliphatic hydroxyl groups is 1. The average molecular weight is 695 g/mol. The first-order chi connectivity index (χ1) is 24.0. The molecule has 2 fully saturated rings. The number of aliphatic hydroxyl groups excluding tert-OH is 1. The van der Waals surface area contributed by atoms with Gasteiger partial charge in [-0.25, -0.2) is 9.48 Å². The standard InChI is InChI=1S/C38H43ClN8O3/c1-37(2,3)23-42-33-25(19-40)20-41-34-30(33)17-27(18-31(34)39)47(36(49)50-16-6-15-48)35(29-8-5-7-24-21-45(4)14-11-28(24)29)32-22-46(44-43-32)38-12-9-26(38)10-13-38/h5,7-8,11,14,17-18,20,22,26,35,48H,6,9-10,12-13,15-16,21,23H2,1-4H3,(H,41,42)/t26?,35-,38?/m0/s1. The Hall–Kier alpha value is -4.66. The Kier molecular flexibility index (Phi) is 8.95. The first-order valence-corrected chi connectivity index (χ1v) is 17.7. The number of ether oxygens (including phenoxy) is 1. The third kappa shape index (κ3) is 6.05. The van der Waals surface area contributed by atoms with Gasteiger partial charge in [-0.1, -0.05) is 55.8 Å². The number of fused-ring (bicyclic) bond motifs is 3. The largest absolute Gasteiger partial charge is 0.449 e. The molecule has 1 atom stereocenters. The molecule has 2 aromatic heterocycles. The van der Waals surface area contributed by atoms with E-state index in [0.29, 0.717) is 57.6 Å². The van der Waals surface area contributed by atoms with Gasteiger partial charge in [0.1, 0.15) is 17.8 Å². The molecule has 1 amide bonds. The molecule has 0 unspecified atom stereocenters. The van der Waals surface area contributed by atoms with E-state index in [1.807, 2.05) is 42.3 Å². The molecule has 2 saturated carbocycles. The molecule has 12 heteroatoms. The highest BCUT2D eigenvalue weighted by molar-refractivity contribution is 6.36. The zero-order chi connectivity index (χ0) is 35.2. The molecule has 2 N–H and O–H groups in total. The molecule has 260 valence electrons. The monoisotopic (exact) mass is 694 g/mol. The van der Waals surface area contributed by atoms with Crippen molar-refractivity contribution in [3.05, 3.63) is 81.9 Å². The lowest BCUT2D eigenvalue weighted by atomic mass is 9.53. The van der Waals surface area contributed by atoms with Crippen LogP contribution in [0, 0.1) is 22.7 Å². The number of anilines is 2. The van der Waals surface area contributed by atoms with E-state index in [1.165, 1.54) is 19.0 Å². The number of rotatable bonds is 10. The summed E-state index contributed by atoms with van der Waals surface area (Å²) in [7, 11) is 2.03. The van der Waals surface area contributed by atoms with Crippen molar-refractivity contribution in [3.63, 3.8) is 0 Å². The van der Waals surface area contributed by atoms with E-state index in [0.717, 1.165) is 29.5 Å². The highest BCUT2D eigenvalue weighted by atomic mass is 35.5. The van der Waals surface area contributed by atoms with Crippen LogP contribution in [0.4, 0.5) is 16.2 Å². The minimum atomic E-state index is -0.755. The van der Waals surface area contributed by atoms with E-state index in [-0.39, 0.29) is 30.6 Å². The van der Waals surface area contributed by atoms with Gasteiger partial charge < -0.3 is 20.1 Å². The van der Waals surface area contributed by atoms with Gasteiger partial charge in [0.25, 0.3) is 0 Å². The highest BCUT2D eigenvalue weighted by Crippen LogP contribution is 2.59. The van der Waals surface area contributed by atoms with Crippen molar-refractivity contribution < 1.29 is 14.6 Å². The molecule has 3 heterocycles. The summed E-state index contributed by atoms with van der Waals surface area (Å²) >= 11 is 7.00. The van der Waals surface area contributed by atoms with Crippen LogP contribution in [0.1, 0.15) is 86.9 Å². The van der Waals surface area contributed by atoms with E-state index in [2.05, 4.69) is 54.2 Å². The smallest absolute Gasteiger partial charge is 0.415 e. The van der Waals surface area contributed by atoms with Crippen molar-refractivity contribution in [1.82, 2.24) is 24.9 Å². The van der Waals surface area contributed by atoms with E-state index in [1.54, 1.807) is 11.0 Å². The van der Waals surface area contributed by atoms with Crippen LogP contribution < -0.4 is 10.2 Å². The molecule has 2 aromatic carbocycles. The maximum atomic E-state index is 14.5. The molecule has 50 heavy (non-hydrogen) atoms. The molecule has 2 aliphatic carbocycles. The number of nitriles is 1. The maximum Gasteiger partial charge on any atom is 0.415 e. The molecule has 0 radical (unpaired) electrons. The number of hydrogen-bond acceptors (Lipinski definition) is 9. The van der Waals surface area contributed by atoms with Crippen LogP contribution in [0.2, 0.25) is 5.02 Å². The molecule has 0 bridgehead atoms. The molecule has 1 aliphatic heterocycles. The summed E-state index contributed by atoms with van der Waals surface area (Å²) < 4.78 is 7.88. The number of aromatic nitrogens is 4. The van der Waals surface area contributed by atoms with Crippen LogP contribution in [0.3, 0.4) is 0 Å². The Balaban J connectivity index is 1.44. The predicted octanol–water partition coefficient (Wildman–Crippen LogP) is 7.24. The number of benzene rings is 2. The predicted molar refractivity (Wildman–Crippen MR) is 194 cm³/mol. The minimum absolute atomic E-state index is 0.0136. The molecule has 4 aromatic rings. The van der Waals surface area contributed by atoms with E-state index in [4.69, 9.17) is 26.6 Å². The van der Waals surface area contributed by atoms with Crippen molar-refractivity contribution in [2.75, 3.05) is 37.0 Å². The van der Waals surface area contributed by atoms with Crippen LogP contribution in [0.5, 0.6) is 0 Å². The Bertz CT molecular complexity index is 2000. The second-order valence-electron chi connectivity index (χ2n) is 15.0. The number of nitrogens with one attached hydrogen (secondary N) is 1. The fourth-order valence-electron chi connectivity index (χ4n) is 7.50. The number of pyridine rings is 1. The van der Waals surface area contributed by atoms with Crippen molar-refractivity contribution in [2.24, 2.45) is 11.3 Å². The number of nitrogens with zero attached hydrogens (tertiary/aromatic N) is 7. The number of hydrogen-bond donors (Lipinski definition) is 2. The van der Waals surface area contributed by atoms with Gasteiger partial charge in [-0.2, -0.15) is 5.26 Å². The molecule has 3 aliphatic rings. The van der Waals surface area contributed by atoms with Gasteiger partial charge in [-0.15, -0.1) is 5.10 Å². The number of amides is 1. The zero-order valence-electron chi connectivity index (χ0n) is 29.0. The van der Waals surface area contributed by atoms with E-state index in [9.17, 15) is 15.2 Å². The Morgan fingerprint density at radius 1 is 1.28 bits per heavy atom. The van der Waals surface area contributed by atoms with Gasteiger partial charge in [0, 0.05) is 44.7 Å². The number of carbonyl (C=O) groups excluding carboxylic acids is 1. The second-order valence-corrected chi connectivity index (χ2v) is 15.4. The summed E-state index contributed by atoms with van der Waals surface area (Å²) in [4.78, 5) is 22.7. The van der Waals surface area contributed by atoms with Gasteiger partial charge in [0.05, 0.1) is 45.8 Å². The van der Waals surface area contributed by atoms with Crippen LogP contribution in [-0.4, -0.2) is 62.9 Å². The maximum absolute atomic E-state index is 14.5. The fraction of sp³-hybridized carbons (Fsp3) is 0.447. The van der Waals surface area contributed by atoms with Crippen molar-refractivity contribution in [2.45, 2.75) is 71.0 Å². The summed E-state index contributed by atoms with van der Waals surface area (Å²) in [5, 5.41) is 33.5. The summed E-state index contributed by atoms with van der Waals surface area (Å²) in [6, 6.07) is 11.2. The molecule has 11 nitrogen and oxygen atoms in total. The number of halogens is 1. The summed E-state index contributed by atoms with van der Waals surface area (Å²) in [5.41, 5.74) is 5.38. The lowest BCUT2D eigenvalue weighted by Crippen LogP contribution is -2.57. The van der Waals surface area contributed by atoms with Gasteiger partial charge in [0.2, 0.25) is 0 Å². The summed E-state index contributed by atoms with van der Waals surface area (Å²) in [6.07, 6.45) is 11.8. The Morgan fingerprint density at radius 2 is 2.08 bits per heavy atom. The van der Waals surface area contributed by atoms with Crippen LogP contribution in [-0.2, 0) is 16.8 Å². The van der Waals surface area contributed by atoms with Crippen molar-refractivity contribution in [1.29, 1.82) is 5.26 Å². The normalized spacial score (nSPS) is 19.9. The lowest BCUT2D eigenvalue weighted by molar-refractivity contribution is -0.0693. The molecular formula is C38H43ClN8O3. The molecule has 7 rings (SSSR count). The van der Waals surface area contributed by atoms with E-state index < -0.39 is 12.1 Å². The Labute approximate surface area is 297 Å². The quantitative estimate of drug-likeness (QED) is 0.165. The molecule has 0 saturated heterocycles. The van der Waals surface area contributed by atoms with Gasteiger partial charge in [-0.3, -0.25) is 9.88 Å². The topological polar surface area (TPSA) is 132 Å². The Morgan fingerprint density at radius 3 is 2.76 bits per heavy atom. The summed E-state index contributed by atoms with van der Waals surface area (Å²) in [5.74, 6) is 0.596. The van der Waals surface area contributed by atoms with Crippen LogP contribution >= 0.6 is 11.6 Å². The second kappa shape index (κ2) is 13.2. The third-order valence-corrected chi connectivity index (χ3v) is 10.7. The van der Waals surface area contributed by atoms with Crippen LogP contribution in [0.15, 0.2) is 48.9 Å².